The van der Waals surface area contributed by atoms with E-state index in [2.05, 4.69) is 6.58 Å². The highest BCUT2D eigenvalue weighted by Crippen LogP contribution is 2.18. The second-order valence-electron chi connectivity index (χ2n) is 3.34. The van der Waals surface area contributed by atoms with Crippen molar-refractivity contribution in [1.29, 1.82) is 0 Å². The third-order valence-corrected chi connectivity index (χ3v) is 2.30. The number of aliphatic hydroxyl groups excluding tert-OH is 1. The van der Waals surface area contributed by atoms with E-state index in [0.717, 1.165) is 38.7 Å². The lowest BCUT2D eigenvalue weighted by Gasteiger charge is -2.27. The van der Waals surface area contributed by atoms with E-state index in [9.17, 15) is 5.11 Å². The Balaban J connectivity index is 2.15. The first-order valence-electron chi connectivity index (χ1n) is 4.75. The average Bonchev–Trinajstić information content (AvgIpc) is 2.09. The minimum atomic E-state index is -0.233. The van der Waals surface area contributed by atoms with Crippen LogP contribution in [0.5, 0.6) is 0 Å². The standard InChI is InChI=1S/C10H18O2/c1-2-3-4-7-10-9(11)6-5-8-12-10/h2,9-11H,1,3-8H2/t9-,10+/m0/s1. The van der Waals surface area contributed by atoms with Crippen LogP contribution in [0.4, 0.5) is 0 Å². The third-order valence-electron chi connectivity index (χ3n) is 2.30. The maximum Gasteiger partial charge on any atom is 0.0834 e. The van der Waals surface area contributed by atoms with E-state index < -0.39 is 0 Å². The predicted octanol–water partition coefficient (Wildman–Crippen LogP) is 1.88. The molecule has 0 amide bonds. The maximum absolute atomic E-state index is 9.52. The number of ether oxygens (including phenoxy) is 1. The van der Waals surface area contributed by atoms with Gasteiger partial charge in [0.2, 0.25) is 0 Å². The van der Waals surface area contributed by atoms with Crippen molar-refractivity contribution in [2.24, 2.45) is 0 Å². The molecule has 1 aliphatic heterocycles. The number of hydrogen-bond donors (Lipinski definition) is 1. The largest absolute Gasteiger partial charge is 0.390 e. The molecule has 0 spiro atoms. The van der Waals surface area contributed by atoms with E-state index in [-0.39, 0.29) is 12.2 Å². The van der Waals surface area contributed by atoms with Gasteiger partial charge in [0.25, 0.3) is 0 Å². The summed E-state index contributed by atoms with van der Waals surface area (Å²) in [6, 6.07) is 0. The number of aliphatic hydroxyl groups is 1. The molecule has 1 saturated heterocycles. The van der Waals surface area contributed by atoms with Crippen LogP contribution in [0.15, 0.2) is 12.7 Å². The molecular weight excluding hydrogens is 152 g/mol. The molecule has 0 saturated carbocycles. The summed E-state index contributed by atoms with van der Waals surface area (Å²) < 4.78 is 5.45. The van der Waals surface area contributed by atoms with Gasteiger partial charge in [-0.2, -0.15) is 0 Å². The molecule has 12 heavy (non-hydrogen) atoms. The predicted molar refractivity (Wildman–Crippen MR) is 49.0 cm³/mol. The molecule has 0 bridgehead atoms. The summed E-state index contributed by atoms with van der Waals surface area (Å²) in [5, 5.41) is 9.52. The van der Waals surface area contributed by atoms with Crippen LogP contribution in [-0.2, 0) is 4.74 Å². The molecule has 2 nitrogen and oxygen atoms in total. The van der Waals surface area contributed by atoms with E-state index in [1.807, 2.05) is 6.08 Å². The number of hydrogen-bond acceptors (Lipinski definition) is 2. The van der Waals surface area contributed by atoms with Gasteiger partial charge in [0.1, 0.15) is 0 Å². The summed E-state index contributed by atoms with van der Waals surface area (Å²) in [6.45, 7) is 4.47. The van der Waals surface area contributed by atoms with Crippen molar-refractivity contribution in [3.63, 3.8) is 0 Å². The molecule has 0 aliphatic carbocycles. The summed E-state index contributed by atoms with van der Waals surface area (Å²) in [4.78, 5) is 0. The smallest absolute Gasteiger partial charge is 0.0834 e. The number of allylic oxidation sites excluding steroid dienone is 1. The second kappa shape index (κ2) is 5.33. The van der Waals surface area contributed by atoms with Gasteiger partial charge in [-0.3, -0.25) is 0 Å². The second-order valence-corrected chi connectivity index (χ2v) is 3.34. The Morgan fingerprint density at radius 3 is 3.08 bits per heavy atom. The van der Waals surface area contributed by atoms with Gasteiger partial charge in [-0.05, 0) is 32.1 Å². The van der Waals surface area contributed by atoms with Crippen LogP contribution in [0.1, 0.15) is 32.1 Å². The average molecular weight is 170 g/mol. The molecule has 0 unspecified atom stereocenters. The zero-order valence-electron chi connectivity index (χ0n) is 7.54. The molecule has 1 N–H and O–H groups in total. The molecule has 0 aromatic rings. The molecule has 2 heteroatoms. The minimum absolute atomic E-state index is 0.0821. The van der Waals surface area contributed by atoms with Crippen LogP contribution in [0.3, 0.4) is 0 Å². The van der Waals surface area contributed by atoms with Crippen molar-refractivity contribution >= 4 is 0 Å². The molecule has 0 aromatic heterocycles. The summed E-state index contributed by atoms with van der Waals surface area (Å²) in [5.74, 6) is 0. The van der Waals surface area contributed by atoms with Gasteiger partial charge in [0, 0.05) is 6.61 Å². The van der Waals surface area contributed by atoms with Crippen molar-refractivity contribution in [3.05, 3.63) is 12.7 Å². The van der Waals surface area contributed by atoms with Gasteiger partial charge in [-0.25, -0.2) is 0 Å². The first kappa shape index (κ1) is 9.75. The van der Waals surface area contributed by atoms with Gasteiger partial charge >= 0.3 is 0 Å². The Morgan fingerprint density at radius 2 is 2.42 bits per heavy atom. The van der Waals surface area contributed by atoms with Crippen LogP contribution in [0.2, 0.25) is 0 Å². The normalized spacial score (nSPS) is 30.1. The van der Waals surface area contributed by atoms with Gasteiger partial charge in [-0.15, -0.1) is 6.58 Å². The topological polar surface area (TPSA) is 29.5 Å². The Kier molecular flexibility index (Phi) is 4.33. The maximum atomic E-state index is 9.52. The quantitative estimate of drug-likeness (QED) is 0.515. The van der Waals surface area contributed by atoms with E-state index in [0.29, 0.717) is 0 Å². The molecule has 1 fully saturated rings. The van der Waals surface area contributed by atoms with Gasteiger partial charge in [0.15, 0.2) is 0 Å². The van der Waals surface area contributed by atoms with Crippen molar-refractivity contribution in [2.45, 2.75) is 44.3 Å². The fraction of sp³-hybridized carbons (Fsp3) is 0.800. The van der Waals surface area contributed by atoms with Crippen molar-refractivity contribution in [1.82, 2.24) is 0 Å². The Morgan fingerprint density at radius 1 is 1.58 bits per heavy atom. The van der Waals surface area contributed by atoms with E-state index >= 15 is 0 Å². The molecule has 1 rings (SSSR count). The summed E-state index contributed by atoms with van der Waals surface area (Å²) in [5.41, 5.74) is 0. The first-order chi connectivity index (χ1) is 5.84. The fourth-order valence-corrected chi connectivity index (χ4v) is 1.56. The molecule has 1 aliphatic rings. The highest BCUT2D eigenvalue weighted by molar-refractivity contribution is 4.75. The number of unbranched alkanes of at least 4 members (excludes halogenated alkanes) is 1. The van der Waals surface area contributed by atoms with Crippen LogP contribution >= 0.6 is 0 Å². The zero-order valence-corrected chi connectivity index (χ0v) is 7.54. The first-order valence-corrected chi connectivity index (χ1v) is 4.75. The van der Waals surface area contributed by atoms with Crippen LogP contribution < -0.4 is 0 Å². The third kappa shape index (κ3) is 2.95. The van der Waals surface area contributed by atoms with Gasteiger partial charge in [0.05, 0.1) is 12.2 Å². The fourth-order valence-electron chi connectivity index (χ4n) is 1.56. The van der Waals surface area contributed by atoms with Gasteiger partial charge in [-0.1, -0.05) is 6.08 Å². The van der Waals surface area contributed by atoms with Crippen molar-refractivity contribution < 1.29 is 9.84 Å². The highest BCUT2D eigenvalue weighted by atomic mass is 16.5. The van der Waals surface area contributed by atoms with E-state index in [4.69, 9.17) is 4.74 Å². The molecule has 1 heterocycles. The summed E-state index contributed by atoms with van der Waals surface area (Å²) in [6.07, 6.45) is 6.72. The molecule has 70 valence electrons. The number of rotatable bonds is 4. The molecule has 0 radical (unpaired) electrons. The van der Waals surface area contributed by atoms with Crippen LogP contribution in [0.25, 0.3) is 0 Å². The van der Waals surface area contributed by atoms with E-state index in [1.165, 1.54) is 0 Å². The molecule has 2 atom stereocenters. The van der Waals surface area contributed by atoms with E-state index in [1.54, 1.807) is 0 Å². The monoisotopic (exact) mass is 170 g/mol. The molecule has 0 aromatic carbocycles. The summed E-state index contributed by atoms with van der Waals surface area (Å²) in [7, 11) is 0. The zero-order chi connectivity index (χ0) is 8.81. The van der Waals surface area contributed by atoms with Crippen molar-refractivity contribution in [2.75, 3.05) is 6.61 Å². The lowest BCUT2D eigenvalue weighted by atomic mass is 10.0. The summed E-state index contributed by atoms with van der Waals surface area (Å²) >= 11 is 0. The molecular formula is C10H18O2. The minimum Gasteiger partial charge on any atom is -0.390 e. The van der Waals surface area contributed by atoms with Gasteiger partial charge < -0.3 is 9.84 Å². The lowest BCUT2D eigenvalue weighted by molar-refractivity contribution is -0.0772. The Labute approximate surface area is 74.2 Å². The Hall–Kier alpha value is -0.340. The van der Waals surface area contributed by atoms with Crippen LogP contribution in [0, 0.1) is 0 Å². The highest BCUT2D eigenvalue weighted by Gasteiger charge is 2.22. The Bertz CT molecular complexity index is 134. The lowest BCUT2D eigenvalue weighted by Crippen LogP contribution is -2.33. The van der Waals surface area contributed by atoms with Crippen LogP contribution in [-0.4, -0.2) is 23.9 Å². The van der Waals surface area contributed by atoms with Crippen molar-refractivity contribution in [3.8, 4) is 0 Å². The SMILES string of the molecule is C=CCCC[C@H]1OCCC[C@@H]1O.